The topological polar surface area (TPSA) is 119 Å². The molecule has 86 valence electrons. The summed E-state index contributed by atoms with van der Waals surface area (Å²) in [5.74, 6) is 0.187. The lowest BCUT2D eigenvalue weighted by Gasteiger charge is -2.14. The van der Waals surface area contributed by atoms with Gasteiger partial charge in [-0.1, -0.05) is 5.11 Å². The number of hydrogen-bond donors (Lipinski definition) is 2. The standard InChI is InChI=1S/C9H11N3O4/c10-12-11-4-3-7(14)9(15)8-2-1-6(5-13)16-8/h1-2,5,7,9,14-15H,3-4H2. The molecule has 16 heavy (non-hydrogen) atoms. The largest absolute Gasteiger partial charge is 0.455 e. The first-order chi connectivity index (χ1) is 7.69. The monoisotopic (exact) mass is 225 g/mol. The number of carbonyl (C=O) groups excluding carboxylic acids is 1. The van der Waals surface area contributed by atoms with Crippen molar-refractivity contribution in [2.45, 2.75) is 18.6 Å². The lowest BCUT2D eigenvalue weighted by Crippen LogP contribution is -2.18. The first kappa shape index (κ1) is 12.3. The van der Waals surface area contributed by atoms with Crippen LogP contribution in [0.4, 0.5) is 0 Å². The van der Waals surface area contributed by atoms with Gasteiger partial charge in [-0.2, -0.15) is 0 Å². The highest BCUT2D eigenvalue weighted by Crippen LogP contribution is 2.20. The number of aliphatic hydroxyl groups excluding tert-OH is 2. The first-order valence-electron chi connectivity index (χ1n) is 4.61. The van der Waals surface area contributed by atoms with E-state index in [-0.39, 0.29) is 24.5 Å². The van der Waals surface area contributed by atoms with E-state index in [9.17, 15) is 15.0 Å². The Bertz CT molecular complexity index is 397. The molecule has 7 heteroatoms. The highest BCUT2D eigenvalue weighted by Gasteiger charge is 2.21. The van der Waals surface area contributed by atoms with Gasteiger partial charge < -0.3 is 14.6 Å². The lowest BCUT2D eigenvalue weighted by atomic mass is 10.1. The Morgan fingerprint density at radius 3 is 2.88 bits per heavy atom. The number of furan rings is 1. The van der Waals surface area contributed by atoms with Crippen molar-refractivity contribution < 1.29 is 19.4 Å². The molecule has 1 rings (SSSR count). The minimum absolute atomic E-state index is 0.0793. The summed E-state index contributed by atoms with van der Waals surface area (Å²) in [5, 5.41) is 22.3. The zero-order chi connectivity index (χ0) is 12.0. The van der Waals surface area contributed by atoms with Gasteiger partial charge in [-0.3, -0.25) is 4.79 Å². The molecule has 1 aromatic rings. The first-order valence-corrected chi connectivity index (χ1v) is 4.61. The number of rotatable bonds is 6. The maximum atomic E-state index is 10.3. The molecule has 0 fully saturated rings. The van der Waals surface area contributed by atoms with Gasteiger partial charge in [0.05, 0.1) is 6.10 Å². The molecule has 1 heterocycles. The van der Waals surface area contributed by atoms with Crippen molar-refractivity contribution in [3.8, 4) is 0 Å². The molecule has 0 saturated carbocycles. The smallest absolute Gasteiger partial charge is 0.185 e. The molecule has 2 N–H and O–H groups in total. The average Bonchev–Trinajstić information content (AvgIpc) is 2.76. The molecule has 1 aromatic heterocycles. The van der Waals surface area contributed by atoms with E-state index in [1.807, 2.05) is 0 Å². The molecular formula is C9H11N3O4. The fraction of sp³-hybridized carbons (Fsp3) is 0.444. The molecule has 0 aromatic carbocycles. The van der Waals surface area contributed by atoms with Gasteiger partial charge in [0, 0.05) is 11.5 Å². The second-order valence-electron chi connectivity index (χ2n) is 3.11. The summed E-state index contributed by atoms with van der Waals surface area (Å²) in [6.45, 7) is 0.0793. The van der Waals surface area contributed by atoms with Gasteiger partial charge in [0.15, 0.2) is 12.0 Å². The number of azide groups is 1. The van der Waals surface area contributed by atoms with Crippen LogP contribution in [-0.2, 0) is 0 Å². The van der Waals surface area contributed by atoms with Crippen LogP contribution in [0.15, 0.2) is 21.7 Å². The molecule has 2 unspecified atom stereocenters. The van der Waals surface area contributed by atoms with Crippen molar-refractivity contribution in [3.63, 3.8) is 0 Å². The highest BCUT2D eigenvalue weighted by atomic mass is 16.4. The fourth-order valence-corrected chi connectivity index (χ4v) is 1.17. The van der Waals surface area contributed by atoms with Crippen LogP contribution in [0.25, 0.3) is 10.4 Å². The van der Waals surface area contributed by atoms with Gasteiger partial charge in [0.2, 0.25) is 0 Å². The Morgan fingerprint density at radius 2 is 2.31 bits per heavy atom. The third kappa shape index (κ3) is 3.09. The SMILES string of the molecule is [N-]=[N+]=NCCC(O)C(O)c1ccc(C=O)o1. The van der Waals surface area contributed by atoms with Gasteiger partial charge >= 0.3 is 0 Å². The Kier molecular flexibility index (Phi) is 4.53. The lowest BCUT2D eigenvalue weighted by molar-refractivity contribution is 0.00212. The Hall–Kier alpha value is -1.82. The van der Waals surface area contributed by atoms with Crippen molar-refractivity contribution in [2.24, 2.45) is 5.11 Å². The number of carbonyl (C=O) groups is 1. The van der Waals surface area contributed by atoms with Gasteiger partial charge in [-0.25, -0.2) is 0 Å². The normalized spacial score (nSPS) is 13.9. The quantitative estimate of drug-likeness (QED) is 0.327. The Labute approximate surface area is 90.9 Å². The van der Waals surface area contributed by atoms with Crippen molar-refractivity contribution in [1.29, 1.82) is 0 Å². The molecule has 7 nitrogen and oxygen atoms in total. The molecule has 0 aliphatic carbocycles. The maximum Gasteiger partial charge on any atom is 0.185 e. The summed E-state index contributed by atoms with van der Waals surface area (Å²) >= 11 is 0. The van der Waals surface area contributed by atoms with E-state index in [1.165, 1.54) is 12.1 Å². The fourth-order valence-electron chi connectivity index (χ4n) is 1.17. The molecule has 0 aliphatic heterocycles. The third-order valence-electron chi connectivity index (χ3n) is 2.01. The number of nitrogens with zero attached hydrogens (tertiary/aromatic N) is 3. The van der Waals surface area contributed by atoms with E-state index in [4.69, 9.17) is 9.95 Å². The van der Waals surface area contributed by atoms with Crippen LogP contribution < -0.4 is 0 Å². The molecule has 0 amide bonds. The van der Waals surface area contributed by atoms with E-state index >= 15 is 0 Å². The van der Waals surface area contributed by atoms with Crippen molar-refractivity contribution in [3.05, 3.63) is 34.1 Å². The van der Waals surface area contributed by atoms with Crippen LogP contribution in [-0.4, -0.2) is 29.1 Å². The van der Waals surface area contributed by atoms with E-state index in [1.54, 1.807) is 0 Å². The highest BCUT2D eigenvalue weighted by molar-refractivity contribution is 5.70. The summed E-state index contributed by atoms with van der Waals surface area (Å²) in [6.07, 6.45) is -1.72. The van der Waals surface area contributed by atoms with Crippen molar-refractivity contribution in [2.75, 3.05) is 6.54 Å². The maximum absolute atomic E-state index is 10.3. The number of aldehydes is 1. The van der Waals surface area contributed by atoms with Crippen molar-refractivity contribution in [1.82, 2.24) is 0 Å². The van der Waals surface area contributed by atoms with Gasteiger partial charge in [0.25, 0.3) is 0 Å². The summed E-state index contributed by atoms with van der Waals surface area (Å²) in [4.78, 5) is 12.8. The summed E-state index contributed by atoms with van der Waals surface area (Å²) in [7, 11) is 0. The van der Waals surface area contributed by atoms with Gasteiger partial charge in [-0.05, 0) is 24.1 Å². The second kappa shape index (κ2) is 5.92. The summed E-state index contributed by atoms with van der Waals surface area (Å²) in [5.41, 5.74) is 8.03. The van der Waals surface area contributed by atoms with E-state index in [2.05, 4.69) is 10.0 Å². The zero-order valence-electron chi connectivity index (χ0n) is 8.35. The van der Waals surface area contributed by atoms with Gasteiger partial charge in [0.1, 0.15) is 11.9 Å². The summed E-state index contributed by atoms with van der Waals surface area (Å²) < 4.78 is 4.94. The van der Waals surface area contributed by atoms with Crippen LogP contribution in [0.2, 0.25) is 0 Å². The van der Waals surface area contributed by atoms with E-state index in [0.717, 1.165) is 0 Å². The number of aliphatic hydroxyl groups is 2. The Morgan fingerprint density at radius 1 is 1.56 bits per heavy atom. The van der Waals surface area contributed by atoms with Crippen LogP contribution >= 0.6 is 0 Å². The molecule has 0 spiro atoms. The second-order valence-corrected chi connectivity index (χ2v) is 3.11. The van der Waals surface area contributed by atoms with Crippen LogP contribution in [0, 0.1) is 0 Å². The molecule has 2 atom stereocenters. The van der Waals surface area contributed by atoms with Crippen LogP contribution in [0.3, 0.4) is 0 Å². The van der Waals surface area contributed by atoms with Crippen molar-refractivity contribution >= 4 is 6.29 Å². The minimum Gasteiger partial charge on any atom is -0.455 e. The molecule has 0 radical (unpaired) electrons. The van der Waals surface area contributed by atoms with Crippen LogP contribution in [0.1, 0.15) is 28.8 Å². The minimum atomic E-state index is -1.23. The molecule has 0 saturated heterocycles. The Balaban J connectivity index is 2.58. The predicted molar refractivity (Wildman–Crippen MR) is 53.7 cm³/mol. The summed E-state index contributed by atoms with van der Waals surface area (Å²) in [6, 6.07) is 2.80. The molecule has 0 bridgehead atoms. The third-order valence-corrected chi connectivity index (χ3v) is 2.01. The predicted octanol–water partition coefficient (Wildman–Crippen LogP) is 1.19. The van der Waals surface area contributed by atoms with E-state index < -0.39 is 12.2 Å². The van der Waals surface area contributed by atoms with Crippen LogP contribution in [0.5, 0.6) is 0 Å². The average molecular weight is 225 g/mol. The molecule has 0 aliphatic rings. The number of hydrogen-bond acceptors (Lipinski definition) is 5. The van der Waals surface area contributed by atoms with E-state index in [0.29, 0.717) is 6.29 Å². The molecular weight excluding hydrogens is 214 g/mol. The van der Waals surface area contributed by atoms with Gasteiger partial charge in [-0.15, -0.1) is 0 Å². The zero-order valence-corrected chi connectivity index (χ0v) is 8.35.